The lowest BCUT2D eigenvalue weighted by Crippen LogP contribution is -2.32. The number of hydrogen-bond donors (Lipinski definition) is 2. The summed E-state index contributed by atoms with van der Waals surface area (Å²) in [6.45, 7) is 2.04. The molecule has 0 aliphatic carbocycles. The summed E-state index contributed by atoms with van der Waals surface area (Å²) in [6, 6.07) is 33.9. The third-order valence-corrected chi connectivity index (χ3v) is 6.72. The lowest BCUT2D eigenvalue weighted by atomic mass is 10.00. The molecule has 1 aliphatic rings. The van der Waals surface area contributed by atoms with Crippen LogP contribution in [0.5, 0.6) is 11.6 Å². The van der Waals surface area contributed by atoms with Crippen LogP contribution in [0.3, 0.4) is 0 Å². The van der Waals surface area contributed by atoms with Crippen LogP contribution in [-0.4, -0.2) is 21.6 Å². The van der Waals surface area contributed by atoms with Gasteiger partial charge in [-0.1, -0.05) is 72.8 Å². The van der Waals surface area contributed by atoms with Crippen molar-refractivity contribution in [2.75, 3.05) is 16.8 Å². The van der Waals surface area contributed by atoms with Crippen LogP contribution >= 0.6 is 12.2 Å². The van der Waals surface area contributed by atoms with Gasteiger partial charge in [0.15, 0.2) is 5.11 Å². The molecule has 3 heterocycles. The number of nitrogens with zero attached hydrogens (tertiary/aromatic N) is 3. The van der Waals surface area contributed by atoms with Gasteiger partial charge in [0.1, 0.15) is 23.1 Å². The molecular weight excluding hydrogens is 506 g/mol. The highest BCUT2D eigenvalue weighted by molar-refractivity contribution is 7.80. The fraction of sp³-hybridized carbons (Fsp3) is 0.129. The Morgan fingerprint density at radius 2 is 1.62 bits per heavy atom. The molecule has 0 saturated carbocycles. The number of nitrogens with one attached hydrogen (secondary N) is 2. The molecule has 2 aromatic heterocycles. The quantitative estimate of drug-likeness (QED) is 0.227. The number of para-hydroxylation sites is 1. The highest BCUT2D eigenvalue weighted by Gasteiger charge is 2.19. The van der Waals surface area contributed by atoms with Gasteiger partial charge in [-0.3, -0.25) is 0 Å². The van der Waals surface area contributed by atoms with Crippen molar-refractivity contribution in [3.63, 3.8) is 0 Å². The number of ether oxygens (including phenoxy) is 1. The van der Waals surface area contributed by atoms with Gasteiger partial charge in [0.2, 0.25) is 11.8 Å². The Balaban J connectivity index is 1.18. The molecule has 194 valence electrons. The van der Waals surface area contributed by atoms with E-state index in [0.717, 1.165) is 42.4 Å². The Morgan fingerprint density at radius 3 is 2.44 bits per heavy atom. The Morgan fingerprint density at radius 1 is 0.872 bits per heavy atom. The number of hydrogen-bond acceptors (Lipinski definition) is 6. The summed E-state index contributed by atoms with van der Waals surface area (Å²) < 4.78 is 12.1. The van der Waals surface area contributed by atoms with E-state index in [9.17, 15) is 0 Å². The maximum absolute atomic E-state index is 6.08. The number of anilines is 2. The first-order chi connectivity index (χ1) is 19.2. The Hall–Kier alpha value is -4.69. The van der Waals surface area contributed by atoms with Crippen molar-refractivity contribution >= 4 is 29.1 Å². The Labute approximate surface area is 232 Å². The zero-order chi connectivity index (χ0) is 26.4. The first-order valence-electron chi connectivity index (χ1n) is 12.8. The first kappa shape index (κ1) is 24.6. The predicted molar refractivity (Wildman–Crippen MR) is 157 cm³/mol. The molecule has 1 aliphatic heterocycles. The van der Waals surface area contributed by atoms with E-state index in [2.05, 4.69) is 44.8 Å². The van der Waals surface area contributed by atoms with Gasteiger partial charge in [-0.2, -0.15) is 9.97 Å². The minimum Gasteiger partial charge on any atom is -0.459 e. The van der Waals surface area contributed by atoms with Gasteiger partial charge in [-0.25, -0.2) is 0 Å². The lowest BCUT2D eigenvalue weighted by molar-refractivity contribution is 0.462. The minimum absolute atomic E-state index is 0.360. The predicted octanol–water partition coefficient (Wildman–Crippen LogP) is 6.58. The van der Waals surface area contributed by atoms with Gasteiger partial charge in [0.05, 0.1) is 6.54 Å². The van der Waals surface area contributed by atoms with E-state index in [1.165, 1.54) is 11.1 Å². The maximum atomic E-state index is 6.08. The molecule has 8 heteroatoms. The van der Waals surface area contributed by atoms with Crippen LogP contribution in [0.25, 0.3) is 11.3 Å². The normalized spacial score (nSPS) is 12.5. The number of furan rings is 1. The molecule has 0 amide bonds. The van der Waals surface area contributed by atoms with E-state index in [0.29, 0.717) is 29.2 Å². The van der Waals surface area contributed by atoms with E-state index in [1.807, 2.05) is 78.9 Å². The molecule has 3 aromatic carbocycles. The zero-order valence-electron chi connectivity index (χ0n) is 21.2. The largest absolute Gasteiger partial charge is 0.459 e. The second-order valence-corrected chi connectivity index (χ2v) is 9.59. The van der Waals surface area contributed by atoms with Crippen LogP contribution in [0.1, 0.15) is 16.9 Å². The highest BCUT2D eigenvalue weighted by atomic mass is 32.1. The maximum Gasteiger partial charge on any atom is 0.234 e. The summed E-state index contributed by atoms with van der Waals surface area (Å²) >= 11 is 5.56. The standard InChI is InChI=1S/C31H27N5O2S/c39-31(32-20-26-15-16-27(37-26)23-10-3-1-4-11-23)35-30-33-28(19-29(34-30)38-25-13-5-2-6-14-25)36-18-17-22-9-7-8-12-24(22)21-36/h1-16,19H,17-18,20-21H2,(H2,32,33,34,35,39). The highest BCUT2D eigenvalue weighted by Crippen LogP contribution is 2.28. The summed E-state index contributed by atoms with van der Waals surface area (Å²) in [5.74, 6) is 3.85. The molecule has 0 radical (unpaired) electrons. The van der Waals surface area contributed by atoms with Crippen molar-refractivity contribution in [2.24, 2.45) is 0 Å². The fourth-order valence-electron chi connectivity index (χ4n) is 4.53. The molecule has 0 unspecified atom stereocenters. The SMILES string of the molecule is S=C(NCc1ccc(-c2ccccc2)o1)Nc1nc(Oc2ccccc2)cc(N2CCc3ccccc3C2)n1. The monoisotopic (exact) mass is 533 g/mol. The van der Waals surface area contributed by atoms with Gasteiger partial charge in [-0.05, 0) is 54.0 Å². The molecule has 7 nitrogen and oxygen atoms in total. The van der Waals surface area contributed by atoms with Crippen LogP contribution < -0.4 is 20.3 Å². The first-order valence-corrected chi connectivity index (χ1v) is 13.2. The van der Waals surface area contributed by atoms with Gasteiger partial charge in [0, 0.05) is 24.7 Å². The van der Waals surface area contributed by atoms with Gasteiger partial charge >= 0.3 is 0 Å². The Kier molecular flexibility index (Phi) is 7.18. The topological polar surface area (TPSA) is 75.5 Å². The van der Waals surface area contributed by atoms with Crippen LogP contribution in [0.4, 0.5) is 11.8 Å². The summed E-state index contributed by atoms with van der Waals surface area (Å²) in [4.78, 5) is 11.6. The number of aromatic nitrogens is 2. The summed E-state index contributed by atoms with van der Waals surface area (Å²) in [6.07, 6.45) is 0.950. The average Bonchev–Trinajstić information content (AvgIpc) is 3.46. The average molecular weight is 534 g/mol. The van der Waals surface area contributed by atoms with Crippen molar-refractivity contribution in [3.05, 3.63) is 120 Å². The minimum atomic E-state index is 0.360. The molecule has 5 aromatic rings. The van der Waals surface area contributed by atoms with Gasteiger partial charge in [-0.15, -0.1) is 0 Å². The zero-order valence-corrected chi connectivity index (χ0v) is 22.0. The van der Waals surface area contributed by atoms with E-state index in [1.54, 1.807) is 0 Å². The molecule has 0 bridgehead atoms. The second kappa shape index (κ2) is 11.4. The second-order valence-electron chi connectivity index (χ2n) is 9.18. The summed E-state index contributed by atoms with van der Waals surface area (Å²) in [5.41, 5.74) is 3.70. The van der Waals surface area contributed by atoms with Gasteiger partial charge in [0.25, 0.3) is 0 Å². The van der Waals surface area contributed by atoms with Crippen molar-refractivity contribution in [1.82, 2.24) is 15.3 Å². The van der Waals surface area contributed by atoms with Crippen LogP contribution in [-0.2, 0) is 19.5 Å². The number of thiocarbonyl (C=S) groups is 1. The summed E-state index contributed by atoms with van der Waals surface area (Å²) in [5, 5.41) is 6.70. The van der Waals surface area contributed by atoms with Crippen LogP contribution in [0.15, 0.2) is 108 Å². The molecule has 6 rings (SSSR count). The Bertz CT molecular complexity index is 1570. The van der Waals surface area contributed by atoms with Crippen molar-refractivity contribution < 1.29 is 9.15 Å². The van der Waals surface area contributed by atoms with Crippen molar-refractivity contribution in [2.45, 2.75) is 19.5 Å². The molecule has 2 N–H and O–H groups in total. The molecule has 39 heavy (non-hydrogen) atoms. The lowest BCUT2D eigenvalue weighted by Gasteiger charge is -2.30. The molecule has 0 saturated heterocycles. The van der Waals surface area contributed by atoms with E-state index < -0.39 is 0 Å². The van der Waals surface area contributed by atoms with Crippen molar-refractivity contribution in [1.29, 1.82) is 0 Å². The third-order valence-electron chi connectivity index (χ3n) is 6.48. The van der Waals surface area contributed by atoms with Crippen molar-refractivity contribution in [3.8, 4) is 23.0 Å². The molecule has 0 fully saturated rings. The van der Waals surface area contributed by atoms with Crippen LogP contribution in [0, 0.1) is 0 Å². The van der Waals surface area contributed by atoms with E-state index in [-0.39, 0.29) is 0 Å². The molecule has 0 spiro atoms. The number of rotatable bonds is 7. The smallest absolute Gasteiger partial charge is 0.234 e. The third kappa shape index (κ3) is 6.08. The number of fused-ring (bicyclic) bond motifs is 1. The van der Waals surface area contributed by atoms with Crippen LogP contribution in [0.2, 0.25) is 0 Å². The van der Waals surface area contributed by atoms with E-state index in [4.69, 9.17) is 26.4 Å². The van der Waals surface area contributed by atoms with Gasteiger partial charge < -0.3 is 24.7 Å². The molecular formula is C31H27N5O2S. The fourth-order valence-corrected chi connectivity index (χ4v) is 4.69. The van der Waals surface area contributed by atoms with E-state index >= 15 is 0 Å². The number of benzene rings is 3. The summed E-state index contributed by atoms with van der Waals surface area (Å²) in [7, 11) is 0. The molecule has 0 atom stereocenters.